The smallest absolute Gasteiger partial charge is 0.266 e. The molecule has 0 saturated carbocycles. The second-order valence-electron chi connectivity index (χ2n) is 9.03. The monoisotopic (exact) mass is 471 g/mol. The number of fused-ring (bicyclic) bond motifs is 1. The van der Waals surface area contributed by atoms with E-state index in [2.05, 4.69) is 0 Å². The Morgan fingerprint density at radius 3 is 2.23 bits per heavy atom. The highest BCUT2D eigenvalue weighted by molar-refractivity contribution is 6.24. The molecule has 0 spiro atoms. The van der Waals surface area contributed by atoms with Crippen molar-refractivity contribution in [3.05, 3.63) is 83.9 Å². The molecule has 0 N–H and O–H groups in total. The molecule has 5 rings (SSSR count). The van der Waals surface area contributed by atoms with Crippen LogP contribution < -0.4 is 19.6 Å². The van der Waals surface area contributed by atoms with Gasteiger partial charge in [0, 0.05) is 19.8 Å². The number of hydroxylamine groups is 1. The SMILES string of the molecule is CCOc1ccc(N2C(=O)[C@@H]3[C@@H](c4ccc(N(C)C)cc4)N(c4ccccc4C)O[C@H]3C2=O)cc1. The molecule has 0 bridgehead atoms. The van der Waals surface area contributed by atoms with E-state index in [1.807, 2.05) is 81.4 Å². The summed E-state index contributed by atoms with van der Waals surface area (Å²) in [7, 11) is 3.97. The maximum atomic E-state index is 13.8. The van der Waals surface area contributed by atoms with E-state index >= 15 is 0 Å². The highest BCUT2D eigenvalue weighted by Gasteiger charge is 2.60. The fourth-order valence-corrected chi connectivity index (χ4v) is 4.86. The number of benzene rings is 3. The van der Waals surface area contributed by atoms with Crippen molar-refractivity contribution in [3.8, 4) is 5.75 Å². The number of para-hydroxylation sites is 1. The average Bonchev–Trinajstić information content (AvgIpc) is 3.36. The molecule has 2 aliphatic rings. The zero-order chi connectivity index (χ0) is 24.7. The maximum Gasteiger partial charge on any atom is 0.266 e. The molecule has 2 aliphatic heterocycles. The zero-order valence-electron chi connectivity index (χ0n) is 20.3. The van der Waals surface area contributed by atoms with Crippen molar-refractivity contribution in [2.75, 3.05) is 35.6 Å². The Morgan fingerprint density at radius 2 is 1.60 bits per heavy atom. The molecule has 0 unspecified atom stereocenters. The van der Waals surface area contributed by atoms with Gasteiger partial charge in [-0.3, -0.25) is 14.4 Å². The summed E-state index contributed by atoms with van der Waals surface area (Å²) in [6.45, 7) is 4.45. The molecule has 2 fully saturated rings. The third-order valence-electron chi connectivity index (χ3n) is 6.63. The first-order valence-corrected chi connectivity index (χ1v) is 11.8. The van der Waals surface area contributed by atoms with Crippen LogP contribution in [0.2, 0.25) is 0 Å². The highest BCUT2D eigenvalue weighted by atomic mass is 16.7. The van der Waals surface area contributed by atoms with Crippen molar-refractivity contribution in [1.82, 2.24) is 0 Å². The summed E-state index contributed by atoms with van der Waals surface area (Å²) in [5, 5.41) is 1.75. The predicted molar refractivity (Wildman–Crippen MR) is 136 cm³/mol. The van der Waals surface area contributed by atoms with Gasteiger partial charge in [-0.15, -0.1) is 0 Å². The molecule has 0 radical (unpaired) electrons. The quantitative estimate of drug-likeness (QED) is 0.493. The molecule has 3 atom stereocenters. The van der Waals surface area contributed by atoms with E-state index in [0.29, 0.717) is 18.0 Å². The molecule has 180 valence electrons. The van der Waals surface area contributed by atoms with Crippen molar-refractivity contribution < 1.29 is 19.2 Å². The Labute approximate surface area is 205 Å². The van der Waals surface area contributed by atoms with E-state index in [-0.39, 0.29) is 11.8 Å². The van der Waals surface area contributed by atoms with Crippen LogP contribution in [0.1, 0.15) is 24.1 Å². The number of hydrogen-bond donors (Lipinski definition) is 0. The Balaban J connectivity index is 1.54. The first kappa shape index (κ1) is 22.9. The van der Waals surface area contributed by atoms with Crippen LogP contribution in [-0.4, -0.2) is 38.6 Å². The third kappa shape index (κ3) is 3.91. The topological polar surface area (TPSA) is 62.3 Å². The number of rotatable bonds is 6. The maximum absolute atomic E-state index is 13.8. The number of aryl methyl sites for hydroxylation is 1. The van der Waals surface area contributed by atoms with Gasteiger partial charge in [-0.1, -0.05) is 30.3 Å². The van der Waals surface area contributed by atoms with Crippen molar-refractivity contribution in [3.63, 3.8) is 0 Å². The van der Waals surface area contributed by atoms with Crippen LogP contribution in [-0.2, 0) is 14.4 Å². The Kier molecular flexibility index (Phi) is 5.94. The van der Waals surface area contributed by atoms with Crippen molar-refractivity contribution in [2.45, 2.75) is 26.0 Å². The number of nitrogens with zero attached hydrogens (tertiary/aromatic N) is 3. The van der Waals surface area contributed by atoms with Crippen molar-refractivity contribution in [2.24, 2.45) is 5.92 Å². The largest absolute Gasteiger partial charge is 0.494 e. The van der Waals surface area contributed by atoms with Crippen molar-refractivity contribution in [1.29, 1.82) is 0 Å². The lowest BCUT2D eigenvalue weighted by atomic mass is 9.90. The van der Waals surface area contributed by atoms with E-state index in [0.717, 1.165) is 22.5 Å². The van der Waals surface area contributed by atoms with Crippen LogP contribution >= 0.6 is 0 Å². The summed E-state index contributed by atoms with van der Waals surface area (Å²) >= 11 is 0. The number of carbonyl (C=O) groups is 2. The van der Waals surface area contributed by atoms with Gasteiger partial charge < -0.3 is 9.64 Å². The zero-order valence-corrected chi connectivity index (χ0v) is 20.3. The number of carbonyl (C=O) groups excluding carboxylic acids is 2. The van der Waals surface area contributed by atoms with Crippen LogP contribution in [0.4, 0.5) is 17.1 Å². The van der Waals surface area contributed by atoms with Gasteiger partial charge in [0.05, 0.1) is 24.0 Å². The van der Waals surface area contributed by atoms with Crippen LogP contribution in [0.25, 0.3) is 0 Å². The molecule has 3 aromatic rings. The van der Waals surface area contributed by atoms with Gasteiger partial charge in [-0.2, -0.15) is 0 Å². The summed E-state index contributed by atoms with van der Waals surface area (Å²) in [4.78, 5) is 36.8. The fraction of sp³-hybridized carbons (Fsp3) is 0.286. The van der Waals surface area contributed by atoms with E-state index in [4.69, 9.17) is 9.57 Å². The molecule has 35 heavy (non-hydrogen) atoms. The molecule has 2 saturated heterocycles. The Hall–Kier alpha value is -3.84. The van der Waals surface area contributed by atoms with E-state index in [1.165, 1.54) is 4.90 Å². The average molecular weight is 472 g/mol. The minimum atomic E-state index is -0.896. The number of imide groups is 1. The Bertz CT molecular complexity index is 1240. The van der Waals surface area contributed by atoms with Gasteiger partial charge >= 0.3 is 0 Å². The van der Waals surface area contributed by atoms with Crippen molar-refractivity contribution >= 4 is 28.9 Å². The lowest BCUT2D eigenvalue weighted by Crippen LogP contribution is -2.37. The summed E-state index contributed by atoms with van der Waals surface area (Å²) in [5.74, 6) is -0.590. The summed E-state index contributed by atoms with van der Waals surface area (Å²) < 4.78 is 5.50. The predicted octanol–water partition coefficient (Wildman–Crippen LogP) is 4.51. The lowest BCUT2D eigenvalue weighted by Gasteiger charge is -2.30. The first-order valence-electron chi connectivity index (χ1n) is 11.8. The second-order valence-corrected chi connectivity index (χ2v) is 9.03. The third-order valence-corrected chi connectivity index (χ3v) is 6.63. The number of hydrogen-bond acceptors (Lipinski definition) is 6. The van der Waals surface area contributed by atoms with Crippen LogP contribution in [0.15, 0.2) is 72.8 Å². The minimum Gasteiger partial charge on any atom is -0.494 e. The molecule has 7 heteroatoms. The fourth-order valence-electron chi connectivity index (χ4n) is 4.86. The van der Waals surface area contributed by atoms with Gasteiger partial charge in [0.2, 0.25) is 5.91 Å². The van der Waals surface area contributed by atoms with Crippen LogP contribution in [0.5, 0.6) is 5.75 Å². The van der Waals surface area contributed by atoms with E-state index in [9.17, 15) is 9.59 Å². The molecule has 0 aromatic heterocycles. The van der Waals surface area contributed by atoms with Gasteiger partial charge in [0.1, 0.15) is 11.7 Å². The lowest BCUT2D eigenvalue weighted by molar-refractivity contribution is -0.126. The van der Waals surface area contributed by atoms with Crippen LogP contribution in [0.3, 0.4) is 0 Å². The summed E-state index contributed by atoms with van der Waals surface area (Å²) in [6, 6.07) is 22.5. The minimum absolute atomic E-state index is 0.262. The molecular weight excluding hydrogens is 442 g/mol. The van der Waals surface area contributed by atoms with Gasteiger partial charge in [0.25, 0.3) is 5.91 Å². The summed E-state index contributed by atoms with van der Waals surface area (Å²) in [5.41, 5.74) is 4.34. The van der Waals surface area contributed by atoms with Gasteiger partial charge in [-0.05, 0) is 67.4 Å². The standard InChI is InChI=1S/C28H29N3O4/c1-5-34-22-16-14-21(15-17-22)30-27(32)24-25(19-10-12-20(13-11-19)29(3)4)31(35-26(24)28(30)33)23-9-7-6-8-18(23)2/h6-17,24-26H,5H2,1-4H3/t24-,25-,26-/m1/s1. The van der Waals surface area contributed by atoms with Crippen LogP contribution in [0, 0.1) is 12.8 Å². The van der Waals surface area contributed by atoms with Gasteiger partial charge in [0.15, 0.2) is 6.10 Å². The molecule has 3 aromatic carbocycles. The molecule has 2 heterocycles. The first-order chi connectivity index (χ1) is 16.9. The molecule has 2 amide bonds. The van der Waals surface area contributed by atoms with E-state index < -0.39 is 18.1 Å². The van der Waals surface area contributed by atoms with Gasteiger partial charge in [-0.25, -0.2) is 9.96 Å². The normalized spacial score (nSPS) is 21.4. The number of ether oxygens (including phenoxy) is 1. The molecular formula is C28H29N3O4. The molecule has 0 aliphatic carbocycles. The number of amides is 2. The number of anilines is 3. The summed E-state index contributed by atoms with van der Waals surface area (Å²) in [6.07, 6.45) is -0.896. The van der Waals surface area contributed by atoms with E-state index in [1.54, 1.807) is 29.3 Å². The molecule has 7 nitrogen and oxygen atoms in total. The highest BCUT2D eigenvalue weighted by Crippen LogP contribution is 2.48. The second kappa shape index (κ2) is 9.07. The Morgan fingerprint density at radius 1 is 0.914 bits per heavy atom.